The predicted octanol–water partition coefficient (Wildman–Crippen LogP) is 2.71. The van der Waals surface area contributed by atoms with Gasteiger partial charge in [0.25, 0.3) is 0 Å². The second-order valence-corrected chi connectivity index (χ2v) is 6.33. The highest BCUT2D eigenvalue weighted by molar-refractivity contribution is 5.13. The van der Waals surface area contributed by atoms with Crippen molar-refractivity contribution in [2.45, 2.75) is 51.5 Å². The van der Waals surface area contributed by atoms with Gasteiger partial charge < -0.3 is 9.88 Å². The van der Waals surface area contributed by atoms with Gasteiger partial charge >= 0.3 is 0 Å². The SMILES string of the molecule is CC1(C)CCCCC1n1cncc1C1CNC1. The molecule has 1 aromatic rings. The Morgan fingerprint density at radius 3 is 2.82 bits per heavy atom. The number of rotatable bonds is 2. The van der Waals surface area contributed by atoms with Crippen molar-refractivity contribution in [3.05, 3.63) is 18.2 Å². The predicted molar refractivity (Wildman–Crippen MR) is 69.1 cm³/mol. The summed E-state index contributed by atoms with van der Waals surface area (Å²) < 4.78 is 2.48. The maximum atomic E-state index is 4.40. The van der Waals surface area contributed by atoms with Crippen molar-refractivity contribution in [2.24, 2.45) is 5.41 Å². The zero-order valence-electron chi connectivity index (χ0n) is 10.9. The molecule has 1 saturated carbocycles. The van der Waals surface area contributed by atoms with Crippen molar-refractivity contribution >= 4 is 0 Å². The molecule has 2 heterocycles. The van der Waals surface area contributed by atoms with Crippen LogP contribution in [0.25, 0.3) is 0 Å². The Kier molecular flexibility index (Phi) is 2.74. The van der Waals surface area contributed by atoms with Crippen LogP contribution in [0.2, 0.25) is 0 Å². The first-order chi connectivity index (χ1) is 8.18. The van der Waals surface area contributed by atoms with E-state index in [2.05, 4.69) is 41.2 Å². The first-order valence-electron chi connectivity index (χ1n) is 6.91. The van der Waals surface area contributed by atoms with Crippen LogP contribution in [-0.4, -0.2) is 22.6 Å². The van der Waals surface area contributed by atoms with Crippen molar-refractivity contribution in [3.8, 4) is 0 Å². The van der Waals surface area contributed by atoms with Gasteiger partial charge in [-0.1, -0.05) is 26.7 Å². The monoisotopic (exact) mass is 233 g/mol. The molecule has 3 nitrogen and oxygen atoms in total. The number of nitrogens with one attached hydrogen (secondary N) is 1. The number of imidazole rings is 1. The second-order valence-electron chi connectivity index (χ2n) is 6.33. The lowest BCUT2D eigenvalue weighted by molar-refractivity contribution is 0.139. The summed E-state index contributed by atoms with van der Waals surface area (Å²) >= 11 is 0. The van der Waals surface area contributed by atoms with E-state index in [1.54, 1.807) is 0 Å². The molecule has 1 aliphatic carbocycles. The Labute approximate surface area is 104 Å². The van der Waals surface area contributed by atoms with E-state index in [-0.39, 0.29) is 0 Å². The van der Waals surface area contributed by atoms with Gasteiger partial charge in [-0.15, -0.1) is 0 Å². The van der Waals surface area contributed by atoms with Crippen LogP contribution in [0.3, 0.4) is 0 Å². The van der Waals surface area contributed by atoms with Crippen molar-refractivity contribution in [2.75, 3.05) is 13.1 Å². The summed E-state index contributed by atoms with van der Waals surface area (Å²) in [5.74, 6) is 0.690. The maximum absolute atomic E-state index is 4.40. The van der Waals surface area contributed by atoms with Crippen LogP contribution in [0.1, 0.15) is 57.2 Å². The molecular weight excluding hydrogens is 210 g/mol. The van der Waals surface area contributed by atoms with Crippen LogP contribution in [0.5, 0.6) is 0 Å². The van der Waals surface area contributed by atoms with Crippen LogP contribution in [0.15, 0.2) is 12.5 Å². The fourth-order valence-corrected chi connectivity index (χ4v) is 3.38. The van der Waals surface area contributed by atoms with Crippen molar-refractivity contribution < 1.29 is 0 Å². The van der Waals surface area contributed by atoms with Crippen LogP contribution in [-0.2, 0) is 0 Å². The lowest BCUT2D eigenvalue weighted by Gasteiger charge is -2.41. The van der Waals surface area contributed by atoms with E-state index in [0.29, 0.717) is 17.4 Å². The molecule has 1 aliphatic heterocycles. The summed E-state index contributed by atoms with van der Waals surface area (Å²) in [6.45, 7) is 7.08. The van der Waals surface area contributed by atoms with E-state index < -0.39 is 0 Å². The zero-order chi connectivity index (χ0) is 11.9. The molecule has 2 fully saturated rings. The smallest absolute Gasteiger partial charge is 0.0951 e. The molecule has 0 aromatic carbocycles. The molecule has 0 amide bonds. The Hall–Kier alpha value is -0.830. The third kappa shape index (κ3) is 1.90. The molecule has 3 heteroatoms. The summed E-state index contributed by atoms with van der Waals surface area (Å²) in [6, 6.07) is 0.648. The molecule has 0 bridgehead atoms. The number of aromatic nitrogens is 2. The van der Waals surface area contributed by atoms with Gasteiger partial charge in [0.1, 0.15) is 0 Å². The van der Waals surface area contributed by atoms with E-state index >= 15 is 0 Å². The third-order valence-electron chi connectivity index (χ3n) is 4.68. The van der Waals surface area contributed by atoms with E-state index in [0.717, 1.165) is 13.1 Å². The van der Waals surface area contributed by atoms with Crippen LogP contribution in [0, 0.1) is 5.41 Å². The average Bonchev–Trinajstić information content (AvgIpc) is 2.63. The summed E-state index contributed by atoms with van der Waals surface area (Å²) in [5.41, 5.74) is 1.87. The first kappa shape index (κ1) is 11.3. The van der Waals surface area contributed by atoms with Gasteiger partial charge in [0, 0.05) is 36.9 Å². The van der Waals surface area contributed by atoms with Gasteiger partial charge in [0.15, 0.2) is 0 Å². The molecule has 0 spiro atoms. The number of hydrogen-bond donors (Lipinski definition) is 1. The van der Waals surface area contributed by atoms with Gasteiger partial charge in [0.2, 0.25) is 0 Å². The number of hydrogen-bond acceptors (Lipinski definition) is 2. The molecule has 17 heavy (non-hydrogen) atoms. The molecule has 1 saturated heterocycles. The Bertz CT molecular complexity index is 390. The van der Waals surface area contributed by atoms with Crippen LogP contribution in [0.4, 0.5) is 0 Å². The molecular formula is C14H23N3. The minimum Gasteiger partial charge on any atom is -0.331 e. The normalized spacial score (nSPS) is 28.9. The number of nitrogens with zero attached hydrogens (tertiary/aromatic N) is 2. The topological polar surface area (TPSA) is 29.9 Å². The fourth-order valence-electron chi connectivity index (χ4n) is 3.38. The molecule has 1 aromatic heterocycles. The minimum absolute atomic E-state index is 0.422. The Morgan fingerprint density at radius 1 is 1.35 bits per heavy atom. The largest absolute Gasteiger partial charge is 0.331 e. The van der Waals surface area contributed by atoms with Crippen LogP contribution < -0.4 is 5.32 Å². The molecule has 2 aliphatic rings. The summed E-state index contributed by atoms with van der Waals surface area (Å²) in [5, 5.41) is 3.36. The lowest BCUT2D eigenvalue weighted by Crippen LogP contribution is -2.42. The van der Waals surface area contributed by atoms with Gasteiger partial charge in [0.05, 0.1) is 6.33 Å². The first-order valence-corrected chi connectivity index (χ1v) is 6.91. The molecule has 94 valence electrons. The highest BCUT2D eigenvalue weighted by atomic mass is 15.1. The highest BCUT2D eigenvalue weighted by Gasteiger charge is 2.35. The average molecular weight is 233 g/mol. The molecule has 1 unspecified atom stereocenters. The molecule has 3 rings (SSSR count). The molecule has 1 N–H and O–H groups in total. The second kappa shape index (κ2) is 4.13. The summed E-state index contributed by atoms with van der Waals surface area (Å²) in [4.78, 5) is 4.40. The van der Waals surface area contributed by atoms with E-state index in [4.69, 9.17) is 0 Å². The van der Waals surface area contributed by atoms with Crippen LogP contribution >= 0.6 is 0 Å². The van der Waals surface area contributed by atoms with Gasteiger partial charge in [-0.3, -0.25) is 0 Å². The molecule has 0 radical (unpaired) electrons. The Balaban J connectivity index is 1.89. The van der Waals surface area contributed by atoms with Gasteiger partial charge in [-0.2, -0.15) is 0 Å². The van der Waals surface area contributed by atoms with E-state index in [9.17, 15) is 0 Å². The van der Waals surface area contributed by atoms with Crippen molar-refractivity contribution in [1.82, 2.24) is 14.9 Å². The van der Waals surface area contributed by atoms with Crippen molar-refractivity contribution in [1.29, 1.82) is 0 Å². The lowest BCUT2D eigenvalue weighted by atomic mass is 9.73. The summed E-state index contributed by atoms with van der Waals surface area (Å²) in [6.07, 6.45) is 9.56. The molecule has 1 atom stereocenters. The van der Waals surface area contributed by atoms with E-state index in [1.165, 1.54) is 31.4 Å². The minimum atomic E-state index is 0.422. The highest BCUT2D eigenvalue weighted by Crippen LogP contribution is 2.44. The quantitative estimate of drug-likeness (QED) is 0.851. The van der Waals surface area contributed by atoms with Gasteiger partial charge in [-0.25, -0.2) is 4.98 Å². The maximum Gasteiger partial charge on any atom is 0.0951 e. The third-order valence-corrected chi connectivity index (χ3v) is 4.68. The van der Waals surface area contributed by atoms with Crippen molar-refractivity contribution in [3.63, 3.8) is 0 Å². The van der Waals surface area contributed by atoms with Gasteiger partial charge in [-0.05, 0) is 18.3 Å². The summed E-state index contributed by atoms with van der Waals surface area (Å²) in [7, 11) is 0. The zero-order valence-corrected chi connectivity index (χ0v) is 10.9. The standard InChI is InChI=1S/C14H23N3/c1-14(2)6-4-3-5-13(14)17-10-16-9-12(17)11-7-15-8-11/h9-11,13,15H,3-8H2,1-2H3. The Morgan fingerprint density at radius 2 is 2.18 bits per heavy atom. The fraction of sp³-hybridized carbons (Fsp3) is 0.786. The van der Waals surface area contributed by atoms with E-state index in [1.807, 2.05) is 0 Å².